The van der Waals surface area contributed by atoms with E-state index in [4.69, 9.17) is 9.84 Å². The second kappa shape index (κ2) is 10.4. The van der Waals surface area contributed by atoms with Crippen LogP contribution in [0.3, 0.4) is 0 Å². The SMILES string of the molecule is Cc1ccc(Oc2ccc(Nc3ncnc4ccc(C#CC(C)(C)NC(=O)CO)cc34)cc2C)cn1. The Morgan fingerprint density at radius 1 is 1.06 bits per heavy atom. The number of pyridine rings is 1. The second-order valence-corrected chi connectivity index (χ2v) is 8.88. The van der Waals surface area contributed by atoms with Gasteiger partial charge in [0.1, 0.15) is 30.3 Å². The molecule has 2 aromatic carbocycles. The van der Waals surface area contributed by atoms with Crippen molar-refractivity contribution in [2.24, 2.45) is 0 Å². The monoisotopic (exact) mass is 481 g/mol. The van der Waals surface area contributed by atoms with Crippen molar-refractivity contribution in [3.8, 4) is 23.3 Å². The van der Waals surface area contributed by atoms with Crippen LogP contribution in [0.2, 0.25) is 0 Å². The number of nitrogens with zero attached hydrogens (tertiary/aromatic N) is 3. The number of fused-ring (bicyclic) bond motifs is 1. The van der Waals surface area contributed by atoms with E-state index in [0.717, 1.165) is 39.2 Å². The zero-order chi connectivity index (χ0) is 25.7. The van der Waals surface area contributed by atoms with Gasteiger partial charge in [-0.25, -0.2) is 9.97 Å². The predicted molar refractivity (Wildman–Crippen MR) is 139 cm³/mol. The molecule has 0 aliphatic carbocycles. The third-order valence-corrected chi connectivity index (χ3v) is 5.30. The summed E-state index contributed by atoms with van der Waals surface area (Å²) in [5, 5.41) is 15.8. The zero-order valence-corrected chi connectivity index (χ0v) is 20.6. The van der Waals surface area contributed by atoms with E-state index in [1.807, 2.05) is 62.4 Å². The summed E-state index contributed by atoms with van der Waals surface area (Å²) in [7, 11) is 0. The van der Waals surface area contributed by atoms with E-state index in [9.17, 15) is 4.79 Å². The van der Waals surface area contributed by atoms with Crippen molar-refractivity contribution >= 4 is 28.3 Å². The molecule has 0 saturated carbocycles. The summed E-state index contributed by atoms with van der Waals surface area (Å²) in [5.41, 5.74) is 3.47. The van der Waals surface area contributed by atoms with E-state index >= 15 is 0 Å². The highest BCUT2D eigenvalue weighted by Crippen LogP contribution is 2.29. The first kappa shape index (κ1) is 24.6. The molecular weight excluding hydrogens is 454 g/mol. The van der Waals surface area contributed by atoms with Crippen LogP contribution in [0.15, 0.2) is 61.1 Å². The minimum absolute atomic E-state index is 0.477. The van der Waals surface area contributed by atoms with Crippen molar-refractivity contribution in [1.82, 2.24) is 20.3 Å². The molecule has 36 heavy (non-hydrogen) atoms. The van der Waals surface area contributed by atoms with Crippen molar-refractivity contribution in [2.75, 3.05) is 11.9 Å². The number of aromatic nitrogens is 3. The van der Waals surface area contributed by atoms with Crippen molar-refractivity contribution in [2.45, 2.75) is 33.2 Å². The van der Waals surface area contributed by atoms with Gasteiger partial charge in [-0.2, -0.15) is 0 Å². The minimum atomic E-state index is -0.793. The van der Waals surface area contributed by atoms with Gasteiger partial charge in [-0.05, 0) is 81.8 Å². The molecule has 4 aromatic rings. The highest BCUT2D eigenvalue weighted by Gasteiger charge is 2.16. The first-order valence-electron chi connectivity index (χ1n) is 11.4. The van der Waals surface area contributed by atoms with Gasteiger partial charge in [-0.3, -0.25) is 9.78 Å². The number of carbonyl (C=O) groups excluding carboxylic acids is 1. The molecule has 0 unspecified atom stereocenters. The molecule has 1 amide bonds. The molecule has 3 N–H and O–H groups in total. The van der Waals surface area contributed by atoms with E-state index < -0.39 is 18.1 Å². The molecule has 0 spiro atoms. The largest absolute Gasteiger partial charge is 0.455 e. The Bertz CT molecular complexity index is 1470. The number of carbonyl (C=O) groups is 1. The van der Waals surface area contributed by atoms with Crippen molar-refractivity contribution < 1.29 is 14.6 Å². The Kier molecular flexibility index (Phi) is 7.13. The summed E-state index contributed by atoms with van der Waals surface area (Å²) in [5.74, 6) is 7.72. The number of hydrogen-bond donors (Lipinski definition) is 3. The Labute approximate surface area is 209 Å². The quantitative estimate of drug-likeness (QED) is 0.350. The van der Waals surface area contributed by atoms with Crippen LogP contribution in [0.4, 0.5) is 11.5 Å². The Morgan fingerprint density at radius 2 is 1.89 bits per heavy atom. The number of aliphatic hydroxyl groups excluding tert-OH is 1. The summed E-state index contributed by atoms with van der Waals surface area (Å²) in [4.78, 5) is 24.6. The number of nitrogens with one attached hydrogen (secondary N) is 2. The molecule has 0 fully saturated rings. The first-order chi connectivity index (χ1) is 17.2. The molecule has 182 valence electrons. The van der Waals surface area contributed by atoms with Gasteiger partial charge in [0, 0.05) is 22.3 Å². The summed E-state index contributed by atoms with van der Waals surface area (Å²) in [6.07, 6.45) is 3.22. The number of aryl methyl sites for hydroxylation is 2. The lowest BCUT2D eigenvalue weighted by Gasteiger charge is -2.18. The highest BCUT2D eigenvalue weighted by atomic mass is 16.5. The maximum Gasteiger partial charge on any atom is 0.246 e. The lowest BCUT2D eigenvalue weighted by Crippen LogP contribution is -2.43. The maximum absolute atomic E-state index is 11.5. The maximum atomic E-state index is 11.5. The zero-order valence-electron chi connectivity index (χ0n) is 20.6. The lowest BCUT2D eigenvalue weighted by atomic mass is 10.0. The molecule has 0 bridgehead atoms. The average Bonchev–Trinajstić information content (AvgIpc) is 2.85. The summed E-state index contributed by atoms with van der Waals surface area (Å²) < 4.78 is 5.97. The number of ether oxygens (including phenoxy) is 1. The Hall–Kier alpha value is -4.48. The number of benzene rings is 2. The third-order valence-electron chi connectivity index (χ3n) is 5.30. The average molecular weight is 482 g/mol. The van der Waals surface area contributed by atoms with Gasteiger partial charge in [0.2, 0.25) is 5.91 Å². The van der Waals surface area contributed by atoms with Crippen LogP contribution in [0.1, 0.15) is 30.7 Å². The van der Waals surface area contributed by atoms with E-state index in [1.54, 1.807) is 20.0 Å². The number of rotatable bonds is 6. The van der Waals surface area contributed by atoms with Crippen LogP contribution < -0.4 is 15.4 Å². The fourth-order valence-corrected chi connectivity index (χ4v) is 3.50. The van der Waals surface area contributed by atoms with Crippen LogP contribution in [0, 0.1) is 25.7 Å². The summed E-state index contributed by atoms with van der Waals surface area (Å²) >= 11 is 0. The molecule has 0 aliphatic heterocycles. The fourth-order valence-electron chi connectivity index (χ4n) is 3.50. The van der Waals surface area contributed by atoms with E-state index in [0.29, 0.717) is 11.6 Å². The number of hydrogen-bond acceptors (Lipinski definition) is 7. The Morgan fingerprint density at radius 3 is 2.61 bits per heavy atom. The summed E-state index contributed by atoms with van der Waals surface area (Å²) in [6, 6.07) is 15.3. The number of amides is 1. The summed E-state index contributed by atoms with van der Waals surface area (Å²) in [6.45, 7) is 6.88. The van der Waals surface area contributed by atoms with Crippen LogP contribution in [0.5, 0.6) is 11.5 Å². The predicted octanol–water partition coefficient (Wildman–Crippen LogP) is 4.42. The molecule has 0 aliphatic rings. The van der Waals surface area contributed by atoms with Gasteiger partial charge in [-0.1, -0.05) is 11.8 Å². The van der Waals surface area contributed by atoms with Gasteiger partial charge in [0.15, 0.2) is 0 Å². The van der Waals surface area contributed by atoms with Gasteiger partial charge < -0.3 is 20.5 Å². The van der Waals surface area contributed by atoms with E-state index in [1.165, 1.54) is 6.33 Å². The molecule has 0 radical (unpaired) electrons. The highest BCUT2D eigenvalue weighted by molar-refractivity contribution is 5.91. The van der Waals surface area contributed by atoms with Gasteiger partial charge in [0.05, 0.1) is 17.3 Å². The van der Waals surface area contributed by atoms with Crippen LogP contribution in [0.25, 0.3) is 10.9 Å². The van der Waals surface area contributed by atoms with Gasteiger partial charge in [0.25, 0.3) is 0 Å². The van der Waals surface area contributed by atoms with Crippen LogP contribution in [-0.4, -0.2) is 38.1 Å². The van der Waals surface area contributed by atoms with Crippen molar-refractivity contribution in [3.63, 3.8) is 0 Å². The topological polar surface area (TPSA) is 109 Å². The second-order valence-electron chi connectivity index (χ2n) is 8.88. The molecule has 2 aromatic heterocycles. The van der Waals surface area contributed by atoms with Crippen molar-refractivity contribution in [1.29, 1.82) is 0 Å². The number of aliphatic hydroxyl groups is 1. The molecular formula is C28H27N5O3. The molecule has 2 heterocycles. The third kappa shape index (κ3) is 6.14. The smallest absolute Gasteiger partial charge is 0.246 e. The molecule has 0 atom stereocenters. The van der Waals surface area contributed by atoms with Crippen molar-refractivity contribution in [3.05, 3.63) is 77.9 Å². The van der Waals surface area contributed by atoms with Gasteiger partial charge >= 0.3 is 0 Å². The minimum Gasteiger partial charge on any atom is -0.455 e. The van der Waals surface area contributed by atoms with Crippen LogP contribution in [-0.2, 0) is 4.79 Å². The lowest BCUT2D eigenvalue weighted by molar-refractivity contribution is -0.124. The molecule has 4 rings (SSSR count). The number of anilines is 2. The fraction of sp³-hybridized carbons (Fsp3) is 0.214. The normalized spacial score (nSPS) is 10.9. The van der Waals surface area contributed by atoms with Crippen LogP contribution >= 0.6 is 0 Å². The standard InChI is InChI=1S/C28H27N5O3/c1-18-13-21(7-10-25(18)36-22-8-5-19(2)29-15-22)32-27-23-14-20(6-9-24(23)30-17-31-27)11-12-28(3,4)33-26(35)16-34/h5-10,13-15,17,34H,16H2,1-4H3,(H,33,35)(H,30,31,32). The molecule has 8 nitrogen and oxygen atoms in total. The molecule has 8 heteroatoms. The first-order valence-corrected chi connectivity index (χ1v) is 11.4. The Balaban J connectivity index is 1.57. The van der Waals surface area contributed by atoms with Gasteiger partial charge in [-0.15, -0.1) is 0 Å². The molecule has 0 saturated heterocycles. The van der Waals surface area contributed by atoms with E-state index in [-0.39, 0.29) is 0 Å². The van der Waals surface area contributed by atoms with E-state index in [2.05, 4.69) is 37.4 Å².